The minimum Gasteiger partial charge on any atom is -0.497 e. The zero-order valence-electron chi connectivity index (χ0n) is 17.5. The van der Waals surface area contributed by atoms with Crippen LogP contribution in [-0.4, -0.2) is 33.5 Å². The fourth-order valence-corrected chi connectivity index (χ4v) is 3.76. The van der Waals surface area contributed by atoms with E-state index in [-0.39, 0.29) is 11.7 Å². The van der Waals surface area contributed by atoms with Crippen molar-refractivity contribution in [3.8, 4) is 5.75 Å². The second kappa shape index (κ2) is 10.1. The first kappa shape index (κ1) is 21.6. The lowest BCUT2D eigenvalue weighted by atomic mass is 10.1. The monoisotopic (exact) mass is 422 g/mol. The summed E-state index contributed by atoms with van der Waals surface area (Å²) in [6.07, 6.45) is 2.45. The Bertz CT molecular complexity index is 1030. The molecule has 1 heterocycles. The second-order valence-corrected chi connectivity index (χ2v) is 7.85. The van der Waals surface area contributed by atoms with Crippen LogP contribution in [0.1, 0.15) is 22.5 Å². The van der Waals surface area contributed by atoms with E-state index >= 15 is 0 Å². The summed E-state index contributed by atoms with van der Waals surface area (Å²) in [5.74, 6) is 1.83. The number of nitrogens with one attached hydrogen (secondary N) is 1. The molecule has 30 heavy (non-hydrogen) atoms. The smallest absolute Gasteiger partial charge is 0.234 e. The summed E-state index contributed by atoms with van der Waals surface area (Å²) in [6.45, 7) is 8.45. The van der Waals surface area contributed by atoms with Crippen LogP contribution < -0.4 is 10.1 Å². The van der Waals surface area contributed by atoms with Crippen LogP contribution in [0.5, 0.6) is 5.75 Å². The van der Waals surface area contributed by atoms with Gasteiger partial charge in [-0.05, 0) is 48.7 Å². The van der Waals surface area contributed by atoms with Gasteiger partial charge < -0.3 is 14.6 Å². The Morgan fingerprint density at radius 3 is 2.67 bits per heavy atom. The van der Waals surface area contributed by atoms with Crippen LogP contribution in [0.15, 0.2) is 60.3 Å². The van der Waals surface area contributed by atoms with Crippen LogP contribution in [0.4, 0.5) is 5.69 Å². The quantitative estimate of drug-likeness (QED) is 0.409. The molecular formula is C23H26N4O2S. The second-order valence-electron chi connectivity index (χ2n) is 6.91. The number of thioether (sulfide) groups is 1. The number of ether oxygens (including phenoxy) is 1. The number of carbonyl (C=O) groups excluding carboxylic acids is 1. The first-order valence-electron chi connectivity index (χ1n) is 9.66. The summed E-state index contributed by atoms with van der Waals surface area (Å²) in [5.41, 5.74) is 4.17. The number of rotatable bonds is 9. The highest BCUT2D eigenvalue weighted by atomic mass is 32.2. The molecule has 0 spiro atoms. The standard InChI is InChI=1S/C23H26N4O2S/c1-5-13-27-21(14-18-9-11-19(29-4)12-10-18)25-26-23(27)30-15-22(28)24-20-8-6-7-16(2)17(20)3/h5-12H,1,13-15H2,2-4H3,(H,24,28). The molecule has 7 heteroatoms. The van der Waals surface area contributed by atoms with Gasteiger partial charge in [-0.1, -0.05) is 42.1 Å². The molecule has 1 amide bonds. The lowest BCUT2D eigenvalue weighted by molar-refractivity contribution is -0.113. The van der Waals surface area contributed by atoms with E-state index < -0.39 is 0 Å². The van der Waals surface area contributed by atoms with Crippen LogP contribution in [-0.2, 0) is 17.8 Å². The molecule has 156 valence electrons. The van der Waals surface area contributed by atoms with Crippen molar-refractivity contribution >= 4 is 23.4 Å². The summed E-state index contributed by atoms with van der Waals surface area (Å²) in [4.78, 5) is 12.5. The number of methoxy groups -OCH3 is 1. The molecule has 3 aromatic rings. The number of hydrogen-bond donors (Lipinski definition) is 1. The predicted molar refractivity (Wildman–Crippen MR) is 121 cm³/mol. The number of nitrogens with zero attached hydrogens (tertiary/aromatic N) is 3. The molecule has 0 aliphatic rings. The van der Waals surface area contributed by atoms with Gasteiger partial charge in [0, 0.05) is 18.7 Å². The van der Waals surface area contributed by atoms with E-state index in [0.717, 1.165) is 34.0 Å². The molecule has 1 aromatic heterocycles. The van der Waals surface area contributed by atoms with Crippen molar-refractivity contribution in [1.82, 2.24) is 14.8 Å². The van der Waals surface area contributed by atoms with E-state index in [1.165, 1.54) is 11.8 Å². The summed E-state index contributed by atoms with van der Waals surface area (Å²) in [5, 5.41) is 12.3. The van der Waals surface area contributed by atoms with Crippen molar-refractivity contribution in [1.29, 1.82) is 0 Å². The van der Waals surface area contributed by atoms with Crippen LogP contribution in [0.3, 0.4) is 0 Å². The minimum atomic E-state index is -0.0708. The highest BCUT2D eigenvalue weighted by Crippen LogP contribution is 2.22. The molecule has 0 aliphatic carbocycles. The van der Waals surface area contributed by atoms with Crippen molar-refractivity contribution in [3.63, 3.8) is 0 Å². The molecule has 0 atom stereocenters. The van der Waals surface area contributed by atoms with E-state index in [1.54, 1.807) is 13.2 Å². The normalized spacial score (nSPS) is 10.6. The number of hydrogen-bond acceptors (Lipinski definition) is 5. The third-order valence-corrected chi connectivity index (χ3v) is 5.80. The number of aryl methyl sites for hydroxylation is 1. The van der Waals surface area contributed by atoms with E-state index in [2.05, 4.69) is 22.1 Å². The van der Waals surface area contributed by atoms with Crippen molar-refractivity contribution in [2.24, 2.45) is 0 Å². The average molecular weight is 423 g/mol. The summed E-state index contributed by atoms with van der Waals surface area (Å²) in [6, 6.07) is 13.8. The Morgan fingerprint density at radius 1 is 1.20 bits per heavy atom. The van der Waals surface area contributed by atoms with Crippen molar-refractivity contribution in [2.75, 3.05) is 18.2 Å². The molecule has 0 saturated carbocycles. The number of benzene rings is 2. The molecule has 0 fully saturated rings. The van der Waals surface area contributed by atoms with Gasteiger partial charge in [-0.15, -0.1) is 16.8 Å². The third-order valence-electron chi connectivity index (χ3n) is 4.84. The van der Waals surface area contributed by atoms with Gasteiger partial charge in [-0.25, -0.2) is 0 Å². The van der Waals surface area contributed by atoms with E-state index in [1.807, 2.05) is 60.9 Å². The molecule has 0 saturated heterocycles. The van der Waals surface area contributed by atoms with Crippen LogP contribution in [0.2, 0.25) is 0 Å². The maximum atomic E-state index is 12.5. The molecule has 3 rings (SSSR count). The molecule has 0 radical (unpaired) electrons. The van der Waals surface area contributed by atoms with Gasteiger partial charge in [0.15, 0.2) is 5.16 Å². The zero-order chi connectivity index (χ0) is 21.5. The van der Waals surface area contributed by atoms with Gasteiger partial charge in [0.05, 0.1) is 12.9 Å². The number of carbonyl (C=O) groups is 1. The minimum absolute atomic E-state index is 0.0708. The van der Waals surface area contributed by atoms with Gasteiger partial charge >= 0.3 is 0 Å². The molecular weight excluding hydrogens is 396 g/mol. The predicted octanol–water partition coefficient (Wildman–Crippen LogP) is 4.41. The first-order valence-corrected chi connectivity index (χ1v) is 10.6. The lowest BCUT2D eigenvalue weighted by Gasteiger charge is -2.11. The maximum absolute atomic E-state index is 12.5. The fourth-order valence-electron chi connectivity index (χ4n) is 3.00. The van der Waals surface area contributed by atoms with Gasteiger partial charge in [-0.2, -0.15) is 0 Å². The number of amides is 1. The van der Waals surface area contributed by atoms with Gasteiger partial charge in [0.1, 0.15) is 11.6 Å². The van der Waals surface area contributed by atoms with Gasteiger partial charge in [0.2, 0.25) is 5.91 Å². The molecule has 6 nitrogen and oxygen atoms in total. The molecule has 1 N–H and O–H groups in total. The molecule has 0 bridgehead atoms. The van der Waals surface area contributed by atoms with Crippen molar-refractivity contribution in [2.45, 2.75) is 32.0 Å². The molecule has 0 unspecified atom stereocenters. The van der Waals surface area contributed by atoms with E-state index in [0.29, 0.717) is 18.1 Å². The summed E-state index contributed by atoms with van der Waals surface area (Å²) in [7, 11) is 1.65. The first-order chi connectivity index (χ1) is 14.5. The largest absolute Gasteiger partial charge is 0.497 e. The van der Waals surface area contributed by atoms with E-state index in [9.17, 15) is 4.79 Å². The Hall–Kier alpha value is -3.06. The van der Waals surface area contributed by atoms with Crippen molar-refractivity contribution < 1.29 is 9.53 Å². The number of anilines is 1. The SMILES string of the molecule is C=CCn1c(Cc2ccc(OC)cc2)nnc1SCC(=O)Nc1cccc(C)c1C. The molecule has 0 aliphatic heterocycles. The average Bonchev–Trinajstić information content (AvgIpc) is 3.12. The Balaban J connectivity index is 1.67. The van der Waals surface area contributed by atoms with Crippen LogP contribution >= 0.6 is 11.8 Å². The summed E-state index contributed by atoms with van der Waals surface area (Å²) >= 11 is 1.37. The Morgan fingerprint density at radius 2 is 1.97 bits per heavy atom. The topological polar surface area (TPSA) is 69.0 Å². The van der Waals surface area contributed by atoms with E-state index in [4.69, 9.17) is 4.74 Å². The highest BCUT2D eigenvalue weighted by Gasteiger charge is 2.14. The summed E-state index contributed by atoms with van der Waals surface area (Å²) < 4.78 is 7.20. The molecule has 2 aromatic carbocycles. The third kappa shape index (κ3) is 5.30. The zero-order valence-corrected chi connectivity index (χ0v) is 18.3. The van der Waals surface area contributed by atoms with Gasteiger partial charge in [0.25, 0.3) is 0 Å². The van der Waals surface area contributed by atoms with Gasteiger partial charge in [-0.3, -0.25) is 4.79 Å². The van der Waals surface area contributed by atoms with Crippen LogP contribution in [0, 0.1) is 13.8 Å². The lowest BCUT2D eigenvalue weighted by Crippen LogP contribution is -2.15. The fraction of sp³-hybridized carbons (Fsp3) is 0.261. The van der Waals surface area contributed by atoms with Crippen molar-refractivity contribution in [3.05, 3.63) is 77.6 Å². The van der Waals surface area contributed by atoms with Crippen LogP contribution in [0.25, 0.3) is 0 Å². The number of aromatic nitrogens is 3. The highest BCUT2D eigenvalue weighted by molar-refractivity contribution is 7.99. The number of allylic oxidation sites excluding steroid dienone is 1. The Labute approximate surface area is 181 Å². The maximum Gasteiger partial charge on any atom is 0.234 e. The Kier molecular flexibility index (Phi) is 7.30.